The topological polar surface area (TPSA) is 26.3 Å². The summed E-state index contributed by atoms with van der Waals surface area (Å²) in [7, 11) is 0. The van der Waals surface area contributed by atoms with Gasteiger partial charge in [-0.25, -0.2) is 0 Å². The molecule has 2 aromatic carbocycles. The fraction of sp³-hybridized carbons (Fsp3) is 0.118. The number of aryl methyl sites for hydroxylation is 1. The average molecular weight is 366 g/mol. The summed E-state index contributed by atoms with van der Waals surface area (Å²) in [5.41, 5.74) is 3.22. The van der Waals surface area contributed by atoms with Gasteiger partial charge in [-0.1, -0.05) is 42.0 Å². The SMILES string of the molecule is Cc1ccc(COc2ccc(/C=C/C(=O)Cl)cc2Br)cc1. The molecule has 0 bridgehead atoms. The Labute approximate surface area is 137 Å². The highest BCUT2D eigenvalue weighted by molar-refractivity contribution is 9.10. The van der Waals surface area contributed by atoms with E-state index in [1.165, 1.54) is 11.6 Å². The van der Waals surface area contributed by atoms with Gasteiger partial charge in [-0.3, -0.25) is 4.79 Å². The molecule has 2 nitrogen and oxygen atoms in total. The van der Waals surface area contributed by atoms with E-state index in [1.807, 2.05) is 30.3 Å². The van der Waals surface area contributed by atoms with Gasteiger partial charge in [0.2, 0.25) is 5.24 Å². The van der Waals surface area contributed by atoms with Crippen molar-refractivity contribution < 1.29 is 9.53 Å². The molecule has 2 aromatic rings. The minimum atomic E-state index is -0.495. The van der Waals surface area contributed by atoms with Gasteiger partial charge in [0.15, 0.2) is 0 Å². The van der Waals surface area contributed by atoms with Crippen molar-refractivity contribution in [2.45, 2.75) is 13.5 Å². The van der Waals surface area contributed by atoms with Crippen LogP contribution in [0, 0.1) is 6.92 Å². The van der Waals surface area contributed by atoms with Crippen molar-refractivity contribution in [3.63, 3.8) is 0 Å². The standard InChI is InChI=1S/C17H14BrClO2/c1-12-2-4-14(5-3-12)11-21-16-8-6-13(10-15(16)18)7-9-17(19)20/h2-10H,11H2,1H3/b9-7+. The molecule has 21 heavy (non-hydrogen) atoms. The predicted octanol–water partition coefficient (Wildman–Crippen LogP) is 5.12. The molecule has 0 amide bonds. The average Bonchev–Trinajstić information content (AvgIpc) is 2.46. The molecule has 0 saturated carbocycles. The van der Waals surface area contributed by atoms with E-state index < -0.39 is 5.24 Å². The van der Waals surface area contributed by atoms with Crippen molar-refractivity contribution in [2.24, 2.45) is 0 Å². The van der Waals surface area contributed by atoms with E-state index in [0.717, 1.165) is 21.3 Å². The summed E-state index contributed by atoms with van der Waals surface area (Å²) in [4.78, 5) is 10.7. The number of allylic oxidation sites excluding steroid dienone is 1. The molecular formula is C17H14BrClO2. The molecule has 108 valence electrons. The van der Waals surface area contributed by atoms with Gasteiger partial charge >= 0.3 is 0 Å². The van der Waals surface area contributed by atoms with Crippen LogP contribution in [-0.4, -0.2) is 5.24 Å². The summed E-state index contributed by atoms with van der Waals surface area (Å²) < 4.78 is 6.61. The third-order valence-electron chi connectivity index (χ3n) is 2.88. The summed E-state index contributed by atoms with van der Waals surface area (Å²) >= 11 is 8.73. The van der Waals surface area contributed by atoms with E-state index in [2.05, 4.69) is 35.0 Å². The van der Waals surface area contributed by atoms with Crippen LogP contribution in [0.3, 0.4) is 0 Å². The lowest BCUT2D eigenvalue weighted by molar-refractivity contribution is -0.107. The van der Waals surface area contributed by atoms with Crippen LogP contribution in [0.4, 0.5) is 0 Å². The normalized spacial score (nSPS) is 10.8. The molecule has 0 N–H and O–H groups in total. The maximum Gasteiger partial charge on any atom is 0.245 e. The fourth-order valence-corrected chi connectivity index (χ4v) is 2.32. The van der Waals surface area contributed by atoms with Crippen LogP contribution in [-0.2, 0) is 11.4 Å². The van der Waals surface area contributed by atoms with Crippen LogP contribution < -0.4 is 4.74 Å². The van der Waals surface area contributed by atoms with Crippen molar-refractivity contribution >= 4 is 38.8 Å². The molecule has 0 radical (unpaired) electrons. The van der Waals surface area contributed by atoms with E-state index in [1.54, 1.807) is 6.08 Å². The smallest absolute Gasteiger partial charge is 0.245 e. The molecule has 0 spiro atoms. The Hall–Kier alpha value is -1.58. The first-order valence-electron chi connectivity index (χ1n) is 6.40. The molecule has 0 aliphatic heterocycles. The summed E-state index contributed by atoms with van der Waals surface area (Å²) in [5.74, 6) is 0.755. The zero-order chi connectivity index (χ0) is 15.2. The molecule has 0 heterocycles. The van der Waals surface area contributed by atoms with E-state index in [4.69, 9.17) is 16.3 Å². The van der Waals surface area contributed by atoms with Crippen LogP contribution in [0.5, 0.6) is 5.75 Å². The van der Waals surface area contributed by atoms with E-state index in [0.29, 0.717) is 6.61 Å². The quantitative estimate of drug-likeness (QED) is 0.543. The first-order chi connectivity index (χ1) is 10.0. The van der Waals surface area contributed by atoms with Gasteiger partial charge in [-0.05, 0) is 63.8 Å². The zero-order valence-electron chi connectivity index (χ0n) is 11.5. The highest BCUT2D eigenvalue weighted by Gasteiger charge is 2.02. The number of halogens is 2. The highest BCUT2D eigenvalue weighted by Crippen LogP contribution is 2.27. The molecule has 0 atom stereocenters. The number of carbonyl (C=O) groups excluding carboxylic acids is 1. The Kier molecular flexibility index (Phi) is 5.59. The Bertz CT molecular complexity index is 663. The number of carbonyl (C=O) groups is 1. The van der Waals surface area contributed by atoms with Crippen LogP contribution >= 0.6 is 27.5 Å². The lowest BCUT2D eigenvalue weighted by Crippen LogP contribution is -1.96. The number of hydrogen-bond acceptors (Lipinski definition) is 2. The van der Waals surface area contributed by atoms with Crippen molar-refractivity contribution in [3.8, 4) is 5.75 Å². The maximum absolute atomic E-state index is 10.7. The lowest BCUT2D eigenvalue weighted by Gasteiger charge is -2.09. The summed E-state index contributed by atoms with van der Waals surface area (Å²) in [6, 6.07) is 13.8. The van der Waals surface area contributed by atoms with Gasteiger partial charge in [-0.2, -0.15) is 0 Å². The summed E-state index contributed by atoms with van der Waals surface area (Å²) in [6.07, 6.45) is 2.97. The molecule has 0 aliphatic carbocycles. The lowest BCUT2D eigenvalue weighted by atomic mass is 10.2. The molecular weight excluding hydrogens is 352 g/mol. The van der Waals surface area contributed by atoms with Gasteiger partial charge in [0.25, 0.3) is 0 Å². The third-order valence-corrected chi connectivity index (χ3v) is 3.62. The van der Waals surface area contributed by atoms with Crippen molar-refractivity contribution in [3.05, 3.63) is 69.7 Å². The van der Waals surface area contributed by atoms with Crippen molar-refractivity contribution in [1.82, 2.24) is 0 Å². The monoisotopic (exact) mass is 364 g/mol. The fourth-order valence-electron chi connectivity index (χ4n) is 1.74. The van der Waals surface area contributed by atoms with E-state index in [-0.39, 0.29) is 0 Å². The molecule has 0 saturated heterocycles. The first-order valence-corrected chi connectivity index (χ1v) is 7.57. The molecule has 2 rings (SSSR count). The molecule has 0 fully saturated rings. The van der Waals surface area contributed by atoms with Gasteiger partial charge in [0.1, 0.15) is 12.4 Å². The Morgan fingerprint density at radius 1 is 1.24 bits per heavy atom. The summed E-state index contributed by atoms with van der Waals surface area (Å²) in [6.45, 7) is 2.56. The Balaban J connectivity index is 2.04. The van der Waals surface area contributed by atoms with Gasteiger partial charge < -0.3 is 4.74 Å². The summed E-state index contributed by atoms with van der Waals surface area (Å²) in [5, 5.41) is -0.495. The first kappa shape index (κ1) is 15.8. The molecule has 0 aliphatic rings. The minimum Gasteiger partial charge on any atom is -0.488 e. The second-order valence-corrected chi connectivity index (χ2v) is 5.83. The predicted molar refractivity (Wildman–Crippen MR) is 89.5 cm³/mol. The second-order valence-electron chi connectivity index (χ2n) is 4.60. The van der Waals surface area contributed by atoms with E-state index in [9.17, 15) is 4.79 Å². The zero-order valence-corrected chi connectivity index (χ0v) is 13.8. The van der Waals surface area contributed by atoms with Gasteiger partial charge in [0, 0.05) is 0 Å². The number of rotatable bonds is 5. The van der Waals surface area contributed by atoms with Crippen LogP contribution in [0.1, 0.15) is 16.7 Å². The largest absolute Gasteiger partial charge is 0.488 e. The van der Waals surface area contributed by atoms with Crippen LogP contribution in [0.15, 0.2) is 53.0 Å². The molecule has 4 heteroatoms. The van der Waals surface area contributed by atoms with Crippen LogP contribution in [0.2, 0.25) is 0 Å². The number of ether oxygens (including phenoxy) is 1. The number of benzene rings is 2. The third kappa shape index (κ3) is 5.03. The minimum absolute atomic E-state index is 0.495. The van der Waals surface area contributed by atoms with E-state index >= 15 is 0 Å². The van der Waals surface area contributed by atoms with Crippen LogP contribution in [0.25, 0.3) is 6.08 Å². The Morgan fingerprint density at radius 2 is 1.95 bits per heavy atom. The molecule has 0 aromatic heterocycles. The highest BCUT2D eigenvalue weighted by atomic mass is 79.9. The molecule has 0 unspecified atom stereocenters. The van der Waals surface area contributed by atoms with Gasteiger partial charge in [-0.15, -0.1) is 0 Å². The second kappa shape index (κ2) is 7.43. The Morgan fingerprint density at radius 3 is 2.57 bits per heavy atom. The van der Waals surface area contributed by atoms with Crippen molar-refractivity contribution in [2.75, 3.05) is 0 Å². The maximum atomic E-state index is 10.7. The van der Waals surface area contributed by atoms with Gasteiger partial charge in [0.05, 0.1) is 4.47 Å². The van der Waals surface area contributed by atoms with Crippen molar-refractivity contribution in [1.29, 1.82) is 0 Å². The number of hydrogen-bond donors (Lipinski definition) is 0.